The number of benzene rings is 2. The van der Waals surface area contributed by atoms with E-state index in [1.807, 2.05) is 12.1 Å². The second-order valence-corrected chi connectivity index (χ2v) is 6.34. The van der Waals surface area contributed by atoms with E-state index in [0.29, 0.717) is 11.9 Å². The van der Waals surface area contributed by atoms with Crippen LogP contribution in [0.5, 0.6) is 0 Å². The van der Waals surface area contributed by atoms with Crippen LogP contribution < -0.4 is 4.90 Å². The number of aliphatic hydroxyl groups excluding tert-OH is 1. The predicted octanol–water partition coefficient (Wildman–Crippen LogP) is 2.90. The molecule has 5 heteroatoms. The third-order valence-electron chi connectivity index (χ3n) is 4.65. The monoisotopic (exact) mass is 320 g/mol. The molecular weight excluding hydrogens is 300 g/mol. The van der Waals surface area contributed by atoms with E-state index >= 15 is 0 Å². The van der Waals surface area contributed by atoms with Gasteiger partial charge in [0.2, 0.25) is 5.95 Å². The largest absolute Gasteiger partial charge is 0.396 e. The average molecular weight is 320 g/mol. The third kappa shape index (κ3) is 2.95. The molecule has 0 bridgehead atoms. The van der Waals surface area contributed by atoms with Gasteiger partial charge in [-0.1, -0.05) is 36.4 Å². The van der Waals surface area contributed by atoms with Crippen molar-refractivity contribution in [3.05, 3.63) is 48.7 Å². The van der Waals surface area contributed by atoms with Gasteiger partial charge in [0.05, 0.1) is 11.9 Å². The van der Waals surface area contributed by atoms with E-state index in [1.54, 1.807) is 6.20 Å². The summed E-state index contributed by atoms with van der Waals surface area (Å²) in [5.41, 5.74) is 1.87. The molecule has 1 N–H and O–H groups in total. The number of nitrogens with zero attached hydrogens (tertiary/aromatic N) is 4. The maximum absolute atomic E-state index is 9.41. The molecule has 0 amide bonds. The summed E-state index contributed by atoms with van der Waals surface area (Å²) >= 11 is 0. The summed E-state index contributed by atoms with van der Waals surface area (Å²) < 4.78 is 0. The molecule has 0 saturated carbocycles. The first-order chi connectivity index (χ1) is 11.8. The zero-order chi connectivity index (χ0) is 16.4. The number of aromatic nitrogens is 3. The fraction of sp³-hybridized carbons (Fsp3) is 0.316. The SMILES string of the molecule is OCC1CCCN(c2nncc(-c3ccc4ccccc4c3)n2)C1. The van der Waals surface area contributed by atoms with E-state index < -0.39 is 0 Å². The molecule has 2 aromatic carbocycles. The molecule has 2 heterocycles. The fourth-order valence-electron chi connectivity index (χ4n) is 3.31. The minimum Gasteiger partial charge on any atom is -0.396 e. The van der Waals surface area contributed by atoms with Gasteiger partial charge in [0.1, 0.15) is 0 Å². The molecule has 1 aliphatic heterocycles. The molecule has 24 heavy (non-hydrogen) atoms. The van der Waals surface area contributed by atoms with Gasteiger partial charge in [0, 0.05) is 25.3 Å². The van der Waals surface area contributed by atoms with E-state index in [9.17, 15) is 5.11 Å². The summed E-state index contributed by atoms with van der Waals surface area (Å²) in [6.07, 6.45) is 3.82. The van der Waals surface area contributed by atoms with Crippen LogP contribution in [-0.4, -0.2) is 40.0 Å². The van der Waals surface area contributed by atoms with Gasteiger partial charge in [-0.25, -0.2) is 4.98 Å². The maximum atomic E-state index is 9.41. The van der Waals surface area contributed by atoms with Gasteiger partial charge in [-0.05, 0) is 35.6 Å². The smallest absolute Gasteiger partial charge is 0.245 e. The summed E-state index contributed by atoms with van der Waals surface area (Å²) in [7, 11) is 0. The lowest BCUT2D eigenvalue weighted by Gasteiger charge is -2.31. The standard InChI is InChI=1S/C19H20N4O/c24-13-14-4-3-9-23(12-14)19-21-18(11-20-22-19)17-8-7-15-5-1-2-6-16(15)10-17/h1-2,5-8,10-11,14,24H,3-4,9,12-13H2. The molecule has 3 aromatic rings. The second kappa shape index (κ2) is 6.53. The van der Waals surface area contributed by atoms with Gasteiger partial charge in [-0.15, -0.1) is 5.10 Å². The number of rotatable bonds is 3. The lowest BCUT2D eigenvalue weighted by molar-refractivity contribution is 0.208. The van der Waals surface area contributed by atoms with Crippen molar-refractivity contribution < 1.29 is 5.11 Å². The normalized spacial score (nSPS) is 18.0. The quantitative estimate of drug-likeness (QED) is 0.804. The minimum atomic E-state index is 0.217. The van der Waals surface area contributed by atoms with Gasteiger partial charge in [-0.2, -0.15) is 5.10 Å². The van der Waals surface area contributed by atoms with Crippen molar-refractivity contribution in [2.24, 2.45) is 5.92 Å². The summed E-state index contributed by atoms with van der Waals surface area (Å²) in [4.78, 5) is 6.84. The number of anilines is 1. The molecule has 0 radical (unpaired) electrons. The number of hydrogen-bond donors (Lipinski definition) is 1. The molecule has 1 fully saturated rings. The zero-order valence-corrected chi connectivity index (χ0v) is 13.5. The Morgan fingerprint density at radius 3 is 2.88 bits per heavy atom. The first-order valence-corrected chi connectivity index (χ1v) is 8.38. The van der Waals surface area contributed by atoms with Gasteiger partial charge in [-0.3, -0.25) is 0 Å². The number of hydrogen-bond acceptors (Lipinski definition) is 5. The van der Waals surface area contributed by atoms with E-state index in [0.717, 1.165) is 37.2 Å². The van der Waals surface area contributed by atoms with Crippen LogP contribution in [0.1, 0.15) is 12.8 Å². The molecule has 0 spiro atoms. The van der Waals surface area contributed by atoms with Crippen LogP contribution >= 0.6 is 0 Å². The van der Waals surface area contributed by atoms with Crippen LogP contribution in [0.2, 0.25) is 0 Å². The highest BCUT2D eigenvalue weighted by atomic mass is 16.3. The zero-order valence-electron chi connectivity index (χ0n) is 13.5. The maximum Gasteiger partial charge on any atom is 0.245 e. The first kappa shape index (κ1) is 15.0. The molecule has 5 nitrogen and oxygen atoms in total. The molecular formula is C19H20N4O. The summed E-state index contributed by atoms with van der Waals surface area (Å²) in [5.74, 6) is 0.950. The topological polar surface area (TPSA) is 62.1 Å². The van der Waals surface area contributed by atoms with E-state index in [1.165, 1.54) is 10.8 Å². The van der Waals surface area contributed by atoms with Crippen molar-refractivity contribution in [2.45, 2.75) is 12.8 Å². The summed E-state index contributed by atoms with van der Waals surface area (Å²) in [6, 6.07) is 14.6. The van der Waals surface area contributed by atoms with Crippen molar-refractivity contribution >= 4 is 16.7 Å². The number of fused-ring (bicyclic) bond motifs is 1. The highest BCUT2D eigenvalue weighted by Crippen LogP contribution is 2.25. The summed E-state index contributed by atoms with van der Waals surface area (Å²) in [6.45, 7) is 1.92. The van der Waals surface area contributed by atoms with E-state index in [4.69, 9.17) is 4.98 Å². The Morgan fingerprint density at radius 2 is 2.00 bits per heavy atom. The van der Waals surface area contributed by atoms with Crippen molar-refractivity contribution in [3.63, 3.8) is 0 Å². The first-order valence-electron chi connectivity index (χ1n) is 8.38. The average Bonchev–Trinajstić information content (AvgIpc) is 2.68. The molecule has 1 unspecified atom stereocenters. The lowest BCUT2D eigenvalue weighted by Crippen LogP contribution is -2.38. The highest BCUT2D eigenvalue weighted by molar-refractivity contribution is 5.86. The Kier molecular flexibility index (Phi) is 4.09. The highest BCUT2D eigenvalue weighted by Gasteiger charge is 2.21. The molecule has 4 rings (SSSR count). The Labute approximate surface area is 141 Å². The van der Waals surface area contributed by atoms with Gasteiger partial charge in [0.15, 0.2) is 0 Å². The molecule has 1 aliphatic rings. The van der Waals surface area contributed by atoms with Gasteiger partial charge < -0.3 is 10.0 Å². The van der Waals surface area contributed by atoms with Crippen LogP contribution in [0.15, 0.2) is 48.7 Å². The minimum absolute atomic E-state index is 0.217. The van der Waals surface area contributed by atoms with Crippen LogP contribution in [-0.2, 0) is 0 Å². The van der Waals surface area contributed by atoms with Crippen LogP contribution in [0, 0.1) is 5.92 Å². The Balaban J connectivity index is 1.66. The van der Waals surface area contributed by atoms with Gasteiger partial charge in [0.25, 0.3) is 0 Å². The van der Waals surface area contributed by atoms with Crippen molar-refractivity contribution in [1.82, 2.24) is 15.2 Å². The van der Waals surface area contributed by atoms with E-state index in [2.05, 4.69) is 45.4 Å². The summed E-state index contributed by atoms with van der Waals surface area (Å²) in [5, 5.41) is 20.2. The molecule has 1 saturated heterocycles. The van der Waals surface area contributed by atoms with Crippen LogP contribution in [0.25, 0.3) is 22.0 Å². The van der Waals surface area contributed by atoms with E-state index in [-0.39, 0.29) is 6.61 Å². The Hall–Kier alpha value is -2.53. The third-order valence-corrected chi connectivity index (χ3v) is 4.65. The Morgan fingerprint density at radius 1 is 1.12 bits per heavy atom. The van der Waals surface area contributed by atoms with Crippen molar-refractivity contribution in [1.29, 1.82) is 0 Å². The fourth-order valence-corrected chi connectivity index (χ4v) is 3.31. The second-order valence-electron chi connectivity index (χ2n) is 6.34. The molecule has 122 valence electrons. The lowest BCUT2D eigenvalue weighted by atomic mass is 9.99. The van der Waals surface area contributed by atoms with Crippen molar-refractivity contribution in [3.8, 4) is 11.3 Å². The van der Waals surface area contributed by atoms with Crippen LogP contribution in [0.4, 0.5) is 5.95 Å². The molecule has 0 aliphatic carbocycles. The molecule has 1 aromatic heterocycles. The Bertz CT molecular complexity index is 851. The number of piperidine rings is 1. The van der Waals surface area contributed by atoms with Crippen LogP contribution in [0.3, 0.4) is 0 Å². The van der Waals surface area contributed by atoms with Crippen molar-refractivity contribution in [2.75, 3.05) is 24.6 Å². The van der Waals surface area contributed by atoms with Gasteiger partial charge >= 0.3 is 0 Å². The molecule has 1 atom stereocenters. The predicted molar refractivity (Wildman–Crippen MR) is 94.8 cm³/mol. The number of aliphatic hydroxyl groups is 1.